The Balaban J connectivity index is 1.14. The van der Waals surface area contributed by atoms with Crippen LogP contribution in [0.4, 0.5) is 34.1 Å². The Bertz CT molecular complexity index is 2630. The number of hydrogen-bond acceptors (Lipinski definition) is 3. The van der Waals surface area contributed by atoms with Gasteiger partial charge in [-0.1, -0.05) is 160 Å². The standard InChI is InChI=1S/C56H57N2OP/c1-53(2,3)38-24-34-51-47(36-38)55(7,8)45-20-14-16-22-49(45)57(51)40-26-30-43(31-27-40)60(59,42-18-12-11-13-19-42)44-32-28-41(29-33-44)58-50-23-17-15-21-46(50)56(9,10)48-37-39(54(4,5)6)25-35-52(48)58/h11-37H,1-10H3. The van der Waals surface area contributed by atoms with E-state index in [1.807, 2.05) is 30.3 Å². The van der Waals surface area contributed by atoms with Gasteiger partial charge in [0.25, 0.3) is 0 Å². The van der Waals surface area contributed by atoms with Gasteiger partial charge in [-0.3, -0.25) is 0 Å². The first-order valence-corrected chi connectivity index (χ1v) is 23.1. The minimum atomic E-state index is -3.29. The summed E-state index contributed by atoms with van der Waals surface area (Å²) in [5, 5.41) is 2.44. The van der Waals surface area contributed by atoms with Crippen molar-refractivity contribution in [3.05, 3.63) is 197 Å². The highest BCUT2D eigenvalue weighted by Gasteiger charge is 2.40. The van der Waals surface area contributed by atoms with Crippen LogP contribution in [0.2, 0.25) is 0 Å². The van der Waals surface area contributed by atoms with Crippen LogP contribution in [0.5, 0.6) is 0 Å². The van der Waals surface area contributed by atoms with Crippen LogP contribution in [0.1, 0.15) is 103 Å². The van der Waals surface area contributed by atoms with Crippen molar-refractivity contribution in [3.63, 3.8) is 0 Å². The first-order chi connectivity index (χ1) is 28.4. The molecule has 0 fully saturated rings. The molecule has 2 aliphatic heterocycles. The zero-order valence-electron chi connectivity index (χ0n) is 36.8. The van der Waals surface area contributed by atoms with Crippen LogP contribution >= 0.6 is 7.14 Å². The molecule has 0 saturated carbocycles. The predicted octanol–water partition coefficient (Wildman–Crippen LogP) is 14.1. The summed E-state index contributed by atoms with van der Waals surface area (Å²) in [6, 6.07) is 58.5. The highest BCUT2D eigenvalue weighted by Crippen LogP contribution is 2.55. The molecule has 7 aromatic rings. The third-order valence-corrected chi connectivity index (χ3v) is 16.3. The van der Waals surface area contributed by atoms with Crippen molar-refractivity contribution in [3.8, 4) is 0 Å². The highest BCUT2D eigenvalue weighted by molar-refractivity contribution is 7.85. The molecule has 0 saturated heterocycles. The fraction of sp³-hybridized carbons (Fsp3) is 0.250. The summed E-state index contributed by atoms with van der Waals surface area (Å²) in [6.45, 7) is 23.0. The van der Waals surface area contributed by atoms with E-state index in [4.69, 9.17) is 0 Å². The summed E-state index contributed by atoms with van der Waals surface area (Å²) in [5.74, 6) is 0. The number of hydrogen-bond donors (Lipinski definition) is 0. The first kappa shape index (κ1) is 39.8. The molecule has 0 aromatic heterocycles. The van der Waals surface area contributed by atoms with E-state index in [1.54, 1.807) is 0 Å². The van der Waals surface area contributed by atoms with Gasteiger partial charge in [-0.25, -0.2) is 0 Å². The summed E-state index contributed by atoms with van der Waals surface area (Å²) >= 11 is 0. The second-order valence-electron chi connectivity index (χ2n) is 19.9. The van der Waals surface area contributed by atoms with E-state index in [9.17, 15) is 0 Å². The number of nitrogens with zero attached hydrogens (tertiary/aromatic N) is 2. The molecular weight excluding hydrogens is 748 g/mol. The normalized spacial score (nSPS) is 15.4. The lowest BCUT2D eigenvalue weighted by Crippen LogP contribution is -2.31. The maximum atomic E-state index is 16.0. The van der Waals surface area contributed by atoms with Crippen molar-refractivity contribution in [2.75, 3.05) is 9.80 Å². The molecular formula is C56H57N2OP. The van der Waals surface area contributed by atoms with Crippen LogP contribution in [0.3, 0.4) is 0 Å². The molecule has 0 N–H and O–H groups in total. The summed E-state index contributed by atoms with van der Waals surface area (Å²) < 4.78 is 16.0. The zero-order chi connectivity index (χ0) is 42.4. The van der Waals surface area contributed by atoms with Crippen LogP contribution in [-0.2, 0) is 26.2 Å². The van der Waals surface area contributed by atoms with Crippen LogP contribution < -0.4 is 25.7 Å². The summed E-state index contributed by atoms with van der Waals surface area (Å²) in [5.41, 5.74) is 14.3. The molecule has 3 nitrogen and oxygen atoms in total. The number of para-hydroxylation sites is 2. The van der Waals surface area contributed by atoms with Crippen LogP contribution in [0, 0.1) is 0 Å². The number of benzene rings is 7. The molecule has 0 bridgehead atoms. The van der Waals surface area contributed by atoms with Crippen molar-refractivity contribution in [2.24, 2.45) is 0 Å². The molecule has 60 heavy (non-hydrogen) atoms. The first-order valence-electron chi connectivity index (χ1n) is 21.4. The van der Waals surface area contributed by atoms with Gasteiger partial charge >= 0.3 is 0 Å². The Morgan fingerprint density at radius 2 is 0.717 bits per heavy atom. The number of rotatable bonds is 5. The largest absolute Gasteiger partial charge is 0.310 e. The van der Waals surface area contributed by atoms with Gasteiger partial charge in [0.15, 0.2) is 7.14 Å². The average Bonchev–Trinajstić information content (AvgIpc) is 3.23. The number of fused-ring (bicyclic) bond motifs is 4. The van der Waals surface area contributed by atoms with Gasteiger partial charge in [0.05, 0.1) is 22.7 Å². The van der Waals surface area contributed by atoms with Gasteiger partial charge in [-0.2, -0.15) is 0 Å². The van der Waals surface area contributed by atoms with Crippen molar-refractivity contribution < 1.29 is 4.57 Å². The molecule has 0 aliphatic carbocycles. The molecule has 4 heteroatoms. The Kier molecular flexibility index (Phi) is 9.27. The lowest BCUT2D eigenvalue weighted by atomic mass is 9.71. The lowest BCUT2D eigenvalue weighted by molar-refractivity contribution is 0.580. The van der Waals surface area contributed by atoms with Crippen molar-refractivity contribution in [1.29, 1.82) is 0 Å². The summed E-state index contributed by atoms with van der Waals surface area (Å²) in [6.07, 6.45) is 0. The predicted molar refractivity (Wildman–Crippen MR) is 257 cm³/mol. The Morgan fingerprint density at radius 3 is 1.10 bits per heavy atom. The maximum Gasteiger partial charge on any atom is 0.171 e. The SMILES string of the molecule is CC(C)(C)c1ccc2c(c1)C(C)(C)c1ccccc1N2c1ccc(P(=O)(c2ccccc2)c2ccc(N3c4ccccc4C(C)(C)c4cc(C(C)(C)C)ccc43)cc2)cc1. The summed E-state index contributed by atoms with van der Waals surface area (Å²) in [7, 11) is -3.29. The molecule has 9 rings (SSSR count). The smallest absolute Gasteiger partial charge is 0.171 e. The monoisotopic (exact) mass is 804 g/mol. The molecule has 302 valence electrons. The third-order valence-electron chi connectivity index (χ3n) is 13.3. The van der Waals surface area contributed by atoms with Gasteiger partial charge in [0.1, 0.15) is 0 Å². The van der Waals surface area contributed by atoms with Crippen molar-refractivity contribution in [2.45, 2.75) is 90.9 Å². The average molecular weight is 805 g/mol. The zero-order valence-corrected chi connectivity index (χ0v) is 37.7. The molecule has 0 spiro atoms. The maximum absolute atomic E-state index is 16.0. The fourth-order valence-corrected chi connectivity index (χ4v) is 12.2. The molecule has 0 unspecified atom stereocenters. The summed E-state index contributed by atoms with van der Waals surface area (Å²) in [4.78, 5) is 4.77. The van der Waals surface area contributed by atoms with Crippen LogP contribution in [0.15, 0.2) is 164 Å². The molecule has 0 radical (unpaired) electrons. The van der Waals surface area contributed by atoms with E-state index in [1.165, 1.54) is 56.1 Å². The van der Waals surface area contributed by atoms with E-state index in [2.05, 4.69) is 212 Å². The van der Waals surface area contributed by atoms with Crippen molar-refractivity contribution in [1.82, 2.24) is 0 Å². The second-order valence-corrected chi connectivity index (χ2v) is 22.7. The highest BCUT2D eigenvalue weighted by atomic mass is 31.2. The quantitative estimate of drug-likeness (QED) is 0.162. The number of anilines is 6. The third kappa shape index (κ3) is 6.28. The van der Waals surface area contributed by atoms with Gasteiger partial charge in [0.2, 0.25) is 0 Å². The Hall–Kier alpha value is -5.63. The molecule has 2 aliphatic rings. The molecule has 2 heterocycles. The van der Waals surface area contributed by atoms with Gasteiger partial charge in [-0.15, -0.1) is 0 Å². The Labute approximate surface area is 358 Å². The Morgan fingerprint density at radius 1 is 0.383 bits per heavy atom. The second kappa shape index (κ2) is 14.0. The van der Waals surface area contributed by atoms with Gasteiger partial charge in [-0.05, 0) is 117 Å². The van der Waals surface area contributed by atoms with Crippen LogP contribution in [0.25, 0.3) is 0 Å². The van der Waals surface area contributed by atoms with Gasteiger partial charge < -0.3 is 14.4 Å². The van der Waals surface area contributed by atoms with Gasteiger partial charge in [0, 0.05) is 38.1 Å². The van der Waals surface area contributed by atoms with Crippen molar-refractivity contribution >= 4 is 57.2 Å². The molecule has 7 aromatic carbocycles. The lowest BCUT2D eigenvalue weighted by Gasteiger charge is -2.43. The minimum absolute atomic E-state index is 0.0289. The van der Waals surface area contributed by atoms with E-state index >= 15 is 4.57 Å². The minimum Gasteiger partial charge on any atom is -0.310 e. The fourth-order valence-electron chi connectivity index (χ4n) is 9.61. The topological polar surface area (TPSA) is 23.6 Å². The van der Waals surface area contributed by atoms with E-state index in [0.717, 1.165) is 27.3 Å². The van der Waals surface area contributed by atoms with E-state index in [-0.39, 0.29) is 21.7 Å². The van der Waals surface area contributed by atoms with E-state index < -0.39 is 7.14 Å². The van der Waals surface area contributed by atoms with E-state index in [0.29, 0.717) is 0 Å². The molecule has 0 atom stereocenters. The molecule has 0 amide bonds. The van der Waals surface area contributed by atoms with Crippen LogP contribution in [-0.4, -0.2) is 0 Å².